The number of furan rings is 1. The van der Waals surface area contributed by atoms with Crippen LogP contribution in [0.25, 0.3) is 44.6 Å². The summed E-state index contributed by atoms with van der Waals surface area (Å²) in [7, 11) is 0. The van der Waals surface area contributed by atoms with E-state index in [1.54, 1.807) is 6.20 Å². The minimum atomic E-state index is 0. The average molecular weight is 645 g/mol. The first-order valence-electron chi connectivity index (χ1n) is 11.5. The molecule has 3 aromatic heterocycles. The molecule has 6 aromatic rings. The van der Waals surface area contributed by atoms with Crippen molar-refractivity contribution in [2.75, 3.05) is 0 Å². The Balaban J connectivity index is 0.000000187. The van der Waals surface area contributed by atoms with Crippen molar-refractivity contribution < 1.29 is 24.5 Å². The van der Waals surface area contributed by atoms with Crippen molar-refractivity contribution in [2.45, 2.75) is 13.8 Å². The third kappa shape index (κ3) is 5.85. The van der Waals surface area contributed by atoms with E-state index >= 15 is 0 Å². The molecule has 0 saturated carbocycles. The summed E-state index contributed by atoms with van der Waals surface area (Å²) in [5.74, 6) is 0.892. The van der Waals surface area contributed by atoms with Crippen LogP contribution in [0.4, 0.5) is 0 Å². The predicted molar refractivity (Wildman–Crippen MR) is 142 cm³/mol. The van der Waals surface area contributed by atoms with Gasteiger partial charge >= 0.3 is 0 Å². The molecule has 0 spiro atoms. The van der Waals surface area contributed by atoms with Crippen LogP contribution in [0.3, 0.4) is 0 Å². The maximum atomic E-state index is 5.69. The van der Waals surface area contributed by atoms with Gasteiger partial charge in [-0.3, -0.25) is 0 Å². The monoisotopic (exact) mass is 645 g/mol. The quantitative estimate of drug-likeness (QED) is 0.183. The van der Waals surface area contributed by atoms with Gasteiger partial charge in [-0.2, -0.15) is 0 Å². The van der Waals surface area contributed by atoms with E-state index in [0.29, 0.717) is 0 Å². The van der Waals surface area contributed by atoms with Crippen molar-refractivity contribution in [3.8, 4) is 33.6 Å². The number of fused-ring (bicyclic) bond motifs is 1. The summed E-state index contributed by atoms with van der Waals surface area (Å²) in [6.45, 7) is 3.94. The van der Waals surface area contributed by atoms with Gasteiger partial charge < -0.3 is 14.4 Å². The zero-order valence-corrected chi connectivity index (χ0v) is 22.4. The molecule has 3 heterocycles. The van der Waals surface area contributed by atoms with E-state index in [9.17, 15) is 0 Å². The molecule has 0 aliphatic carbocycles. The number of aryl methyl sites for hydroxylation is 2. The number of hydrogen-bond donors (Lipinski definition) is 0. The molecule has 0 aliphatic rings. The minimum Gasteiger partial charge on any atom is -0.462 e. The van der Waals surface area contributed by atoms with Gasteiger partial charge in [0.25, 0.3) is 0 Å². The Morgan fingerprint density at radius 2 is 1.50 bits per heavy atom. The average Bonchev–Trinajstić information content (AvgIpc) is 3.30. The van der Waals surface area contributed by atoms with E-state index in [0.717, 1.165) is 50.5 Å². The van der Waals surface area contributed by atoms with Gasteiger partial charge in [0.15, 0.2) is 0 Å². The molecular formula is C32H24IrN2O-2. The standard InChI is InChI=1S/C20H14NO.C12H10N.Ir/c1-14-12-18-19(22-14)10-11-21-20(18)17-9-5-8-16(13-17)15-6-3-2-4-7-15;1-10-6-5-9-12(13-10)11-7-3-2-4-8-11;/h2-8,10-13H,1H3;2-7,9H,1H3;/q2*-1;. The molecule has 0 aliphatic heterocycles. The van der Waals surface area contributed by atoms with E-state index in [1.807, 2.05) is 92.7 Å². The molecule has 6 rings (SSSR count). The smallest absolute Gasteiger partial charge is 0.128 e. The topological polar surface area (TPSA) is 38.9 Å². The zero-order chi connectivity index (χ0) is 24.0. The number of pyridine rings is 2. The summed E-state index contributed by atoms with van der Waals surface area (Å²) < 4.78 is 5.69. The predicted octanol–water partition coefficient (Wildman–Crippen LogP) is 8.13. The number of nitrogens with zero attached hydrogens (tertiary/aromatic N) is 2. The molecular weight excluding hydrogens is 621 g/mol. The Bertz CT molecular complexity index is 1560. The van der Waals surface area contributed by atoms with E-state index in [2.05, 4.69) is 46.4 Å². The Kier molecular flexibility index (Phi) is 8.22. The van der Waals surface area contributed by atoms with E-state index in [1.165, 1.54) is 5.56 Å². The van der Waals surface area contributed by atoms with Crippen molar-refractivity contribution >= 4 is 11.0 Å². The van der Waals surface area contributed by atoms with E-state index in [4.69, 9.17) is 4.42 Å². The fourth-order valence-electron chi connectivity index (χ4n) is 3.96. The van der Waals surface area contributed by atoms with Crippen LogP contribution in [0, 0.1) is 26.0 Å². The normalized spacial score (nSPS) is 10.3. The molecule has 3 nitrogen and oxygen atoms in total. The van der Waals surface area contributed by atoms with Crippen LogP contribution in [0.2, 0.25) is 0 Å². The summed E-state index contributed by atoms with van der Waals surface area (Å²) in [5.41, 5.74) is 8.17. The van der Waals surface area contributed by atoms with Crippen molar-refractivity contribution in [1.29, 1.82) is 0 Å². The second kappa shape index (κ2) is 11.7. The fraction of sp³-hybridized carbons (Fsp3) is 0.0625. The van der Waals surface area contributed by atoms with Crippen LogP contribution in [-0.4, -0.2) is 9.97 Å². The van der Waals surface area contributed by atoms with Gasteiger partial charge in [0.05, 0.1) is 0 Å². The Morgan fingerprint density at radius 3 is 2.28 bits per heavy atom. The first kappa shape index (κ1) is 25.2. The minimum absolute atomic E-state index is 0. The van der Waals surface area contributed by atoms with Gasteiger partial charge in [0.1, 0.15) is 11.3 Å². The molecule has 0 N–H and O–H groups in total. The van der Waals surface area contributed by atoms with Gasteiger partial charge in [-0.15, -0.1) is 71.3 Å². The Morgan fingerprint density at radius 1 is 0.694 bits per heavy atom. The van der Waals surface area contributed by atoms with E-state index < -0.39 is 0 Å². The second-order valence-corrected chi connectivity index (χ2v) is 8.23. The van der Waals surface area contributed by atoms with Crippen LogP contribution in [-0.2, 0) is 20.1 Å². The summed E-state index contributed by atoms with van der Waals surface area (Å²) in [5, 5.41) is 1.03. The third-order valence-electron chi connectivity index (χ3n) is 5.61. The molecule has 1 radical (unpaired) electrons. The van der Waals surface area contributed by atoms with Gasteiger partial charge in [-0.05, 0) is 49.0 Å². The molecule has 4 heteroatoms. The van der Waals surface area contributed by atoms with Gasteiger partial charge in [0, 0.05) is 37.4 Å². The van der Waals surface area contributed by atoms with Crippen LogP contribution in [0.1, 0.15) is 11.5 Å². The molecule has 0 amide bonds. The van der Waals surface area contributed by atoms with Crippen LogP contribution in [0.15, 0.2) is 114 Å². The van der Waals surface area contributed by atoms with E-state index in [-0.39, 0.29) is 20.1 Å². The number of rotatable bonds is 3. The summed E-state index contributed by atoms with van der Waals surface area (Å²) in [6, 6.07) is 40.7. The molecule has 0 saturated heterocycles. The van der Waals surface area contributed by atoms with Crippen molar-refractivity contribution in [3.63, 3.8) is 0 Å². The molecule has 36 heavy (non-hydrogen) atoms. The van der Waals surface area contributed by atoms with Gasteiger partial charge in [-0.1, -0.05) is 42.5 Å². The molecule has 3 aromatic carbocycles. The van der Waals surface area contributed by atoms with Crippen molar-refractivity contribution in [1.82, 2.24) is 9.97 Å². The van der Waals surface area contributed by atoms with Crippen LogP contribution < -0.4 is 0 Å². The molecule has 0 fully saturated rings. The first-order valence-corrected chi connectivity index (χ1v) is 11.5. The SMILES string of the molecule is Cc1cc2c(-c3[c-]ccc(-c4ccccc4)c3)nccc2o1.Cc1cccc(-c2[c-]cccc2)n1.[Ir]. The largest absolute Gasteiger partial charge is 0.462 e. The number of aromatic nitrogens is 2. The Labute approximate surface area is 225 Å². The third-order valence-corrected chi connectivity index (χ3v) is 5.61. The van der Waals surface area contributed by atoms with Crippen molar-refractivity contribution in [2.24, 2.45) is 0 Å². The maximum absolute atomic E-state index is 5.69. The summed E-state index contributed by atoms with van der Waals surface area (Å²) in [6.07, 6.45) is 1.78. The molecule has 0 atom stereocenters. The van der Waals surface area contributed by atoms with Crippen LogP contribution in [0.5, 0.6) is 0 Å². The zero-order valence-electron chi connectivity index (χ0n) is 20.0. The number of hydrogen-bond acceptors (Lipinski definition) is 3. The first-order chi connectivity index (χ1) is 17.2. The summed E-state index contributed by atoms with van der Waals surface area (Å²) >= 11 is 0. The molecule has 179 valence electrons. The van der Waals surface area contributed by atoms with Gasteiger partial charge in [0.2, 0.25) is 0 Å². The van der Waals surface area contributed by atoms with Crippen LogP contribution >= 0.6 is 0 Å². The maximum Gasteiger partial charge on any atom is 0.128 e. The Hall–Kier alpha value is -3.85. The molecule has 0 unspecified atom stereocenters. The second-order valence-electron chi connectivity index (χ2n) is 8.23. The van der Waals surface area contributed by atoms with Crippen molar-refractivity contribution in [3.05, 3.63) is 133 Å². The summed E-state index contributed by atoms with van der Waals surface area (Å²) in [4.78, 5) is 8.95. The number of benzene rings is 3. The molecule has 0 bridgehead atoms. The van der Waals surface area contributed by atoms with Gasteiger partial charge in [-0.25, -0.2) is 0 Å². The fourth-order valence-corrected chi connectivity index (χ4v) is 3.96.